The van der Waals surface area contributed by atoms with Gasteiger partial charge in [0.25, 0.3) is 0 Å². The van der Waals surface area contributed by atoms with E-state index < -0.39 is 14.2 Å². The molecule has 0 heterocycles. The van der Waals surface area contributed by atoms with Crippen LogP contribution < -0.4 is 10.1 Å². The van der Waals surface area contributed by atoms with Gasteiger partial charge in [0.1, 0.15) is 0 Å². The van der Waals surface area contributed by atoms with E-state index in [-0.39, 0.29) is 5.41 Å². The molecule has 0 unspecified atom stereocenters. The monoisotopic (exact) mass is 733 g/mol. The van der Waals surface area contributed by atoms with Crippen LogP contribution in [0.1, 0.15) is 47.2 Å². The van der Waals surface area contributed by atoms with Crippen LogP contribution in [0.4, 0.5) is 17.1 Å². The van der Waals surface area contributed by atoms with Gasteiger partial charge in [-0.15, -0.1) is 0 Å². The molecule has 3 aliphatic carbocycles. The summed E-state index contributed by atoms with van der Waals surface area (Å²) in [6.07, 6.45) is 0. The van der Waals surface area contributed by atoms with Crippen molar-refractivity contribution in [2.75, 3.05) is 4.90 Å². The van der Waals surface area contributed by atoms with Gasteiger partial charge in [0.2, 0.25) is 0 Å². The summed E-state index contributed by atoms with van der Waals surface area (Å²) in [5.41, 5.74) is 21.6. The maximum absolute atomic E-state index is 2.50. The average Bonchev–Trinajstić information content (AvgIpc) is 3.80. The van der Waals surface area contributed by atoms with Gasteiger partial charge in [-0.2, -0.15) is 0 Å². The van der Waals surface area contributed by atoms with E-state index in [1.54, 1.807) is 0 Å². The minimum absolute atomic E-state index is 0.108. The molecule has 0 radical (unpaired) electrons. The van der Waals surface area contributed by atoms with Crippen molar-refractivity contribution in [3.63, 3.8) is 0 Å². The fourth-order valence-electron chi connectivity index (χ4n) is 10.4. The standard InChI is InChI=1S/C54H43NSi/c1-53(2)47-17-9-5-13-41(47)45-31-27-38(33-51(45)53)55(37-25-21-35(22-26-37)36-23-29-40(30-24-36)56(3)4)39-28-32-46-44-16-8-12-20-50(44)54(52(46)34-39)48-18-10-6-14-42(48)43-15-7-11-19-49(43)54/h5-34,56H,1-4H3. The number of fused-ring (bicyclic) bond motifs is 13. The smallest absolute Gasteiger partial charge is 0.0726 e. The molecule has 0 bridgehead atoms. The summed E-state index contributed by atoms with van der Waals surface area (Å²) in [5.74, 6) is 0. The number of nitrogens with zero attached hydrogens (tertiary/aromatic N) is 1. The number of rotatable bonds is 5. The van der Waals surface area contributed by atoms with Gasteiger partial charge in [-0.25, -0.2) is 0 Å². The summed E-state index contributed by atoms with van der Waals surface area (Å²) in [6.45, 7) is 9.53. The van der Waals surface area contributed by atoms with Gasteiger partial charge in [0.05, 0.1) is 14.2 Å². The minimum atomic E-state index is -0.851. The fraction of sp³-hybridized carbons (Fsp3) is 0.111. The van der Waals surface area contributed by atoms with Crippen LogP contribution in [0.2, 0.25) is 13.1 Å². The van der Waals surface area contributed by atoms with Crippen LogP contribution in [0, 0.1) is 0 Å². The normalized spacial score (nSPS) is 14.5. The van der Waals surface area contributed by atoms with Gasteiger partial charge in [-0.1, -0.05) is 178 Å². The third-order valence-electron chi connectivity index (χ3n) is 13.1. The first-order valence-corrected chi connectivity index (χ1v) is 22.9. The topological polar surface area (TPSA) is 3.24 Å². The van der Waals surface area contributed by atoms with Crippen LogP contribution in [-0.4, -0.2) is 8.80 Å². The fourth-order valence-corrected chi connectivity index (χ4v) is 11.3. The molecule has 0 N–H and O–H groups in total. The van der Waals surface area contributed by atoms with Crippen LogP contribution in [0.5, 0.6) is 0 Å². The third kappa shape index (κ3) is 4.54. The van der Waals surface area contributed by atoms with Crippen LogP contribution in [0.3, 0.4) is 0 Å². The Morgan fingerprint density at radius 2 is 0.732 bits per heavy atom. The zero-order valence-corrected chi connectivity index (χ0v) is 33.5. The van der Waals surface area contributed by atoms with Gasteiger partial charge in [-0.05, 0) is 114 Å². The lowest BCUT2D eigenvalue weighted by Crippen LogP contribution is -2.26. The molecule has 0 atom stereocenters. The molecule has 0 amide bonds. The van der Waals surface area contributed by atoms with Crippen LogP contribution >= 0.6 is 0 Å². The van der Waals surface area contributed by atoms with Crippen molar-refractivity contribution in [1.82, 2.24) is 0 Å². The first-order chi connectivity index (χ1) is 27.4. The van der Waals surface area contributed by atoms with Crippen molar-refractivity contribution in [3.05, 3.63) is 215 Å². The lowest BCUT2D eigenvalue weighted by Gasteiger charge is -2.32. The second-order valence-electron chi connectivity index (χ2n) is 16.7. The van der Waals surface area contributed by atoms with Crippen LogP contribution in [-0.2, 0) is 10.8 Å². The Hall–Kier alpha value is -6.22. The largest absolute Gasteiger partial charge is 0.310 e. The highest BCUT2D eigenvalue weighted by Crippen LogP contribution is 2.63. The van der Waals surface area contributed by atoms with Crippen LogP contribution in [0.25, 0.3) is 44.5 Å². The summed E-state index contributed by atoms with van der Waals surface area (Å²) >= 11 is 0. The van der Waals surface area contributed by atoms with Crippen LogP contribution in [0.15, 0.2) is 182 Å². The lowest BCUT2D eigenvalue weighted by molar-refractivity contribution is 0.660. The number of anilines is 3. The predicted octanol–water partition coefficient (Wildman–Crippen LogP) is 13.2. The van der Waals surface area contributed by atoms with E-state index in [1.165, 1.54) is 88.8 Å². The molecule has 0 fully saturated rings. The molecule has 0 aromatic heterocycles. The Morgan fingerprint density at radius 1 is 0.357 bits per heavy atom. The van der Waals surface area contributed by atoms with E-state index in [1.807, 2.05) is 0 Å². The molecule has 268 valence electrons. The molecule has 56 heavy (non-hydrogen) atoms. The van der Waals surface area contributed by atoms with Crippen molar-refractivity contribution in [2.45, 2.75) is 37.8 Å². The molecule has 11 rings (SSSR count). The first-order valence-electron chi connectivity index (χ1n) is 20.0. The van der Waals surface area contributed by atoms with Gasteiger partial charge < -0.3 is 4.90 Å². The highest BCUT2D eigenvalue weighted by molar-refractivity contribution is 6.70. The van der Waals surface area contributed by atoms with Gasteiger partial charge in [-0.3, -0.25) is 0 Å². The molecule has 3 aliphatic rings. The second kappa shape index (κ2) is 12.1. The molecule has 0 saturated heterocycles. The summed E-state index contributed by atoms with van der Waals surface area (Å²) in [7, 11) is -0.851. The van der Waals surface area contributed by atoms with E-state index in [0.717, 1.165) is 11.4 Å². The van der Waals surface area contributed by atoms with E-state index >= 15 is 0 Å². The molecule has 1 nitrogen and oxygen atoms in total. The Morgan fingerprint density at radius 3 is 1.23 bits per heavy atom. The Bertz CT molecular complexity index is 2800. The maximum atomic E-state index is 2.50. The Balaban J connectivity index is 1.12. The highest BCUT2D eigenvalue weighted by Gasteiger charge is 2.51. The lowest BCUT2D eigenvalue weighted by atomic mass is 9.70. The van der Waals surface area contributed by atoms with Gasteiger partial charge >= 0.3 is 0 Å². The highest BCUT2D eigenvalue weighted by atomic mass is 28.3. The molecular formula is C54H43NSi. The van der Waals surface area contributed by atoms with Crippen molar-refractivity contribution < 1.29 is 0 Å². The third-order valence-corrected chi connectivity index (χ3v) is 14.8. The molecule has 1 spiro atoms. The van der Waals surface area contributed by atoms with Crippen molar-refractivity contribution in [1.29, 1.82) is 0 Å². The molecule has 0 saturated carbocycles. The first kappa shape index (κ1) is 33.1. The summed E-state index contributed by atoms with van der Waals surface area (Å²) < 4.78 is 0. The average molecular weight is 734 g/mol. The van der Waals surface area contributed by atoms with E-state index in [4.69, 9.17) is 0 Å². The zero-order chi connectivity index (χ0) is 37.8. The van der Waals surface area contributed by atoms with Crippen molar-refractivity contribution in [2.24, 2.45) is 0 Å². The molecule has 8 aromatic carbocycles. The van der Waals surface area contributed by atoms with Gasteiger partial charge in [0, 0.05) is 22.5 Å². The number of benzene rings is 8. The van der Waals surface area contributed by atoms with Crippen molar-refractivity contribution >= 4 is 31.0 Å². The SMILES string of the molecule is C[SiH](C)c1ccc(-c2ccc(N(c3ccc4c(c3)C(C)(C)c3ccccc3-4)c3ccc4c(c3)C3(c5ccccc5-c5ccccc53)c3ccccc3-4)cc2)cc1. The number of hydrogen-bond donors (Lipinski definition) is 0. The van der Waals surface area contributed by atoms with E-state index in [0.29, 0.717) is 0 Å². The van der Waals surface area contributed by atoms with E-state index in [2.05, 4.69) is 214 Å². The minimum Gasteiger partial charge on any atom is -0.310 e. The molecule has 2 heteroatoms. The Kier molecular flexibility index (Phi) is 7.18. The molecule has 8 aromatic rings. The van der Waals surface area contributed by atoms with E-state index in [9.17, 15) is 0 Å². The van der Waals surface area contributed by atoms with Crippen molar-refractivity contribution in [3.8, 4) is 44.5 Å². The molecular weight excluding hydrogens is 691 g/mol. The Labute approximate surface area is 332 Å². The quantitative estimate of drug-likeness (QED) is 0.159. The maximum Gasteiger partial charge on any atom is 0.0726 e. The van der Waals surface area contributed by atoms with Gasteiger partial charge in [0.15, 0.2) is 0 Å². The second-order valence-corrected chi connectivity index (χ2v) is 19.7. The predicted molar refractivity (Wildman–Crippen MR) is 239 cm³/mol. The summed E-state index contributed by atoms with van der Waals surface area (Å²) in [4.78, 5) is 2.49. The number of hydrogen-bond acceptors (Lipinski definition) is 1. The molecule has 0 aliphatic heterocycles. The summed E-state index contributed by atoms with van der Waals surface area (Å²) in [5, 5.41) is 1.50. The summed E-state index contributed by atoms with van der Waals surface area (Å²) in [6, 6.07) is 69.0. The zero-order valence-electron chi connectivity index (χ0n) is 32.3.